The molecule has 17 heavy (non-hydrogen) atoms. The van der Waals surface area contributed by atoms with Crippen LogP contribution >= 0.6 is 23.1 Å². The highest BCUT2D eigenvalue weighted by molar-refractivity contribution is 8.02. The molecule has 2 aromatic rings. The monoisotopic (exact) mass is 284 g/mol. The minimum Gasteiger partial charge on any atom is -0.224 e. The molecule has 1 heterocycles. The van der Waals surface area contributed by atoms with E-state index >= 15 is 0 Å². The molecule has 0 aliphatic carbocycles. The fourth-order valence-electron chi connectivity index (χ4n) is 1.34. The van der Waals surface area contributed by atoms with Crippen LogP contribution in [-0.4, -0.2) is 19.9 Å². The van der Waals surface area contributed by atoms with E-state index in [0.29, 0.717) is 10.6 Å². The van der Waals surface area contributed by atoms with Gasteiger partial charge >= 0.3 is 0 Å². The fraction of sp³-hybridized carbons (Fsp3) is 0.167. The molecule has 0 saturated heterocycles. The van der Waals surface area contributed by atoms with Gasteiger partial charge in [0.2, 0.25) is 0 Å². The molecule has 0 unspecified atom stereocenters. The molecule has 0 fully saturated rings. The topological polar surface area (TPSA) is 34.1 Å². The van der Waals surface area contributed by atoms with Gasteiger partial charge in [-0.25, -0.2) is 8.42 Å². The third-order valence-electron chi connectivity index (χ3n) is 2.19. The summed E-state index contributed by atoms with van der Waals surface area (Å²) < 4.78 is 25.1. The Morgan fingerprint density at radius 1 is 1.06 bits per heavy atom. The van der Waals surface area contributed by atoms with Crippen LogP contribution in [0.15, 0.2) is 56.9 Å². The predicted molar refractivity (Wildman–Crippen MR) is 73.5 cm³/mol. The number of hydrogen-bond acceptors (Lipinski definition) is 4. The van der Waals surface area contributed by atoms with Crippen LogP contribution in [0.25, 0.3) is 0 Å². The SMILES string of the molecule is O=S(=O)(CCSc1cccs1)c1ccccc1. The van der Waals surface area contributed by atoms with E-state index in [1.807, 2.05) is 23.6 Å². The number of hydrogen-bond donors (Lipinski definition) is 0. The summed E-state index contributed by atoms with van der Waals surface area (Å²) in [5.74, 6) is 0.775. The molecule has 0 N–H and O–H groups in total. The zero-order chi connectivity index (χ0) is 12.1. The average Bonchev–Trinajstić information content (AvgIpc) is 2.83. The van der Waals surface area contributed by atoms with Crippen LogP contribution < -0.4 is 0 Å². The van der Waals surface area contributed by atoms with Crippen LogP contribution in [0, 0.1) is 0 Å². The first kappa shape index (κ1) is 12.7. The average molecular weight is 284 g/mol. The van der Waals surface area contributed by atoms with Gasteiger partial charge in [0.1, 0.15) is 0 Å². The second kappa shape index (κ2) is 5.71. The van der Waals surface area contributed by atoms with Crippen molar-refractivity contribution < 1.29 is 8.42 Å². The number of benzene rings is 1. The number of rotatable bonds is 5. The Hall–Kier alpha value is -0.780. The van der Waals surface area contributed by atoms with E-state index in [4.69, 9.17) is 0 Å². The van der Waals surface area contributed by atoms with Crippen molar-refractivity contribution in [3.63, 3.8) is 0 Å². The first-order valence-corrected chi connectivity index (χ1v) is 8.64. The smallest absolute Gasteiger partial charge is 0.179 e. The summed E-state index contributed by atoms with van der Waals surface area (Å²) in [5.41, 5.74) is 0. The normalized spacial score (nSPS) is 11.5. The molecule has 0 atom stereocenters. The third-order valence-corrected chi connectivity index (χ3v) is 6.32. The molecular weight excluding hydrogens is 272 g/mol. The summed E-state index contributed by atoms with van der Waals surface area (Å²) in [5, 5.41) is 1.99. The molecule has 0 radical (unpaired) electrons. The van der Waals surface area contributed by atoms with Gasteiger partial charge in [-0.3, -0.25) is 0 Å². The van der Waals surface area contributed by atoms with Gasteiger partial charge in [0.25, 0.3) is 0 Å². The zero-order valence-corrected chi connectivity index (χ0v) is 11.5. The van der Waals surface area contributed by atoms with Crippen molar-refractivity contribution in [2.75, 3.05) is 11.5 Å². The Balaban J connectivity index is 1.95. The van der Waals surface area contributed by atoms with Crippen molar-refractivity contribution in [2.45, 2.75) is 9.10 Å². The predicted octanol–water partition coefficient (Wildman–Crippen LogP) is 3.31. The summed E-state index contributed by atoms with van der Waals surface area (Å²) in [6.07, 6.45) is 0. The van der Waals surface area contributed by atoms with Gasteiger partial charge < -0.3 is 0 Å². The van der Waals surface area contributed by atoms with E-state index in [1.54, 1.807) is 47.4 Å². The standard InChI is InChI=1S/C12H12O2S3/c13-17(14,11-5-2-1-3-6-11)10-9-16-12-7-4-8-15-12/h1-8H,9-10H2. The molecular formula is C12H12O2S3. The molecule has 2 nitrogen and oxygen atoms in total. The maximum Gasteiger partial charge on any atom is 0.179 e. The molecule has 0 saturated carbocycles. The van der Waals surface area contributed by atoms with Crippen LogP contribution in [0.2, 0.25) is 0 Å². The first-order valence-electron chi connectivity index (χ1n) is 5.12. The highest BCUT2D eigenvalue weighted by atomic mass is 32.2. The van der Waals surface area contributed by atoms with Crippen molar-refractivity contribution in [3.05, 3.63) is 47.8 Å². The van der Waals surface area contributed by atoms with Gasteiger partial charge in [-0.05, 0) is 23.6 Å². The van der Waals surface area contributed by atoms with Gasteiger partial charge in [-0.1, -0.05) is 24.3 Å². The fourth-order valence-corrected chi connectivity index (χ4v) is 4.87. The third kappa shape index (κ3) is 3.59. The minimum atomic E-state index is -3.13. The minimum absolute atomic E-state index is 0.180. The van der Waals surface area contributed by atoms with Crippen LogP contribution in [0.4, 0.5) is 0 Å². The van der Waals surface area contributed by atoms with Crippen molar-refractivity contribution in [2.24, 2.45) is 0 Å². The Morgan fingerprint density at radius 2 is 1.82 bits per heavy atom. The second-order valence-electron chi connectivity index (χ2n) is 3.41. The van der Waals surface area contributed by atoms with E-state index < -0.39 is 9.84 Å². The number of sulfone groups is 1. The quantitative estimate of drug-likeness (QED) is 0.790. The molecule has 90 valence electrons. The van der Waals surface area contributed by atoms with Crippen molar-refractivity contribution >= 4 is 32.9 Å². The summed E-state index contributed by atoms with van der Waals surface area (Å²) in [7, 11) is -3.13. The van der Waals surface area contributed by atoms with Gasteiger partial charge in [0, 0.05) is 5.75 Å². The Kier molecular flexibility index (Phi) is 4.25. The highest BCUT2D eigenvalue weighted by Gasteiger charge is 2.13. The van der Waals surface area contributed by atoms with Crippen LogP contribution in [0.3, 0.4) is 0 Å². The van der Waals surface area contributed by atoms with Crippen molar-refractivity contribution in [1.82, 2.24) is 0 Å². The molecule has 1 aromatic heterocycles. The lowest BCUT2D eigenvalue weighted by molar-refractivity contribution is 0.597. The molecule has 0 amide bonds. The summed E-state index contributed by atoms with van der Waals surface area (Å²) in [6.45, 7) is 0. The maximum absolute atomic E-state index is 12.0. The van der Waals surface area contributed by atoms with E-state index in [-0.39, 0.29) is 5.75 Å². The first-order chi connectivity index (χ1) is 8.18. The van der Waals surface area contributed by atoms with Crippen molar-refractivity contribution in [3.8, 4) is 0 Å². The van der Waals surface area contributed by atoms with Gasteiger partial charge in [-0.15, -0.1) is 23.1 Å². The van der Waals surface area contributed by atoms with E-state index in [0.717, 1.165) is 4.21 Å². The second-order valence-corrected chi connectivity index (χ2v) is 7.86. The van der Waals surface area contributed by atoms with E-state index in [2.05, 4.69) is 0 Å². The van der Waals surface area contributed by atoms with Gasteiger partial charge in [0.05, 0.1) is 14.9 Å². The molecule has 1 aromatic carbocycles. The van der Waals surface area contributed by atoms with Crippen molar-refractivity contribution in [1.29, 1.82) is 0 Å². The maximum atomic E-state index is 12.0. The van der Waals surface area contributed by atoms with Gasteiger partial charge in [0.15, 0.2) is 9.84 Å². The lowest BCUT2D eigenvalue weighted by Crippen LogP contribution is -2.08. The van der Waals surface area contributed by atoms with E-state index in [9.17, 15) is 8.42 Å². The molecule has 2 rings (SSSR count). The molecule has 0 aliphatic rings. The number of thiophene rings is 1. The summed E-state index contributed by atoms with van der Waals surface area (Å²) in [4.78, 5) is 0.409. The Labute approximate surface area is 110 Å². The molecule has 5 heteroatoms. The van der Waals surface area contributed by atoms with E-state index in [1.165, 1.54) is 0 Å². The Morgan fingerprint density at radius 3 is 2.47 bits per heavy atom. The lowest BCUT2D eigenvalue weighted by atomic mass is 10.4. The van der Waals surface area contributed by atoms with Crippen LogP contribution in [0.1, 0.15) is 0 Å². The van der Waals surface area contributed by atoms with Crippen LogP contribution in [-0.2, 0) is 9.84 Å². The lowest BCUT2D eigenvalue weighted by Gasteiger charge is -2.03. The zero-order valence-electron chi connectivity index (χ0n) is 9.07. The summed E-state index contributed by atoms with van der Waals surface area (Å²) in [6, 6.07) is 12.6. The molecule has 0 aliphatic heterocycles. The van der Waals surface area contributed by atoms with Crippen LogP contribution in [0.5, 0.6) is 0 Å². The largest absolute Gasteiger partial charge is 0.224 e. The van der Waals surface area contributed by atoms with Gasteiger partial charge in [-0.2, -0.15) is 0 Å². The highest BCUT2D eigenvalue weighted by Crippen LogP contribution is 2.24. The molecule has 0 bridgehead atoms. The Bertz CT molecular complexity index is 545. The summed E-state index contributed by atoms with van der Waals surface area (Å²) >= 11 is 3.23. The number of thioether (sulfide) groups is 1. The molecule has 0 spiro atoms.